The first-order valence-electron chi connectivity index (χ1n) is 6.12. The molecule has 1 aromatic carbocycles. The number of halogens is 1. The lowest BCUT2D eigenvalue weighted by molar-refractivity contribution is 0.0459. The molecule has 0 atom stereocenters. The Balaban J connectivity index is 2.02. The molecule has 0 bridgehead atoms. The van der Waals surface area contributed by atoms with Crippen LogP contribution in [0.25, 0.3) is 0 Å². The van der Waals surface area contributed by atoms with Gasteiger partial charge in [0.1, 0.15) is 0 Å². The second-order valence-corrected chi connectivity index (χ2v) is 4.78. The molecule has 1 aromatic rings. The predicted molar refractivity (Wildman–Crippen MR) is 72.7 cm³/mol. The summed E-state index contributed by atoms with van der Waals surface area (Å²) in [6.07, 6.45) is 2.51. The first-order valence-corrected chi connectivity index (χ1v) is 6.50. The third-order valence-corrected chi connectivity index (χ3v) is 3.41. The van der Waals surface area contributed by atoms with Crippen molar-refractivity contribution in [3.63, 3.8) is 0 Å². The molecule has 0 amide bonds. The van der Waals surface area contributed by atoms with E-state index in [2.05, 4.69) is 4.90 Å². The molecule has 1 heterocycles. The fourth-order valence-electron chi connectivity index (χ4n) is 2.29. The summed E-state index contributed by atoms with van der Waals surface area (Å²) in [5, 5.41) is 0.737. The number of nitrogen functional groups attached to an aromatic ring is 1. The monoisotopic (exact) mass is 254 g/mol. The van der Waals surface area contributed by atoms with E-state index in [4.69, 9.17) is 22.1 Å². The van der Waals surface area contributed by atoms with Crippen LogP contribution >= 0.6 is 11.6 Å². The Labute approximate surface area is 107 Å². The standard InChI is InChI=1S/C13H19ClN2O/c1-2-17-11-5-7-16(8-6-11)13-9-10(14)3-4-12(13)15/h3-4,9,11H,2,5-8,15H2,1H3. The summed E-state index contributed by atoms with van der Waals surface area (Å²) >= 11 is 6.01. The number of benzene rings is 1. The largest absolute Gasteiger partial charge is 0.397 e. The zero-order chi connectivity index (χ0) is 12.3. The number of piperidine rings is 1. The lowest BCUT2D eigenvalue weighted by Crippen LogP contribution is -2.37. The van der Waals surface area contributed by atoms with Crippen molar-refractivity contribution in [2.24, 2.45) is 0 Å². The molecule has 1 aliphatic heterocycles. The molecule has 4 heteroatoms. The number of rotatable bonds is 3. The van der Waals surface area contributed by atoms with Crippen molar-refractivity contribution >= 4 is 23.0 Å². The summed E-state index contributed by atoms with van der Waals surface area (Å²) in [7, 11) is 0. The maximum Gasteiger partial charge on any atom is 0.0614 e. The Morgan fingerprint density at radius 3 is 2.76 bits per heavy atom. The van der Waals surface area contributed by atoms with Gasteiger partial charge >= 0.3 is 0 Å². The van der Waals surface area contributed by atoms with Gasteiger partial charge in [0.2, 0.25) is 0 Å². The normalized spacial score (nSPS) is 17.4. The zero-order valence-electron chi connectivity index (χ0n) is 10.2. The minimum Gasteiger partial charge on any atom is -0.397 e. The highest BCUT2D eigenvalue weighted by molar-refractivity contribution is 6.31. The van der Waals surface area contributed by atoms with Gasteiger partial charge in [-0.15, -0.1) is 0 Å². The second-order valence-electron chi connectivity index (χ2n) is 4.34. The molecule has 0 aliphatic carbocycles. The van der Waals surface area contributed by atoms with Crippen molar-refractivity contribution in [3.8, 4) is 0 Å². The van der Waals surface area contributed by atoms with Gasteiger partial charge in [0.15, 0.2) is 0 Å². The molecule has 0 spiro atoms. The smallest absolute Gasteiger partial charge is 0.0614 e. The van der Waals surface area contributed by atoms with Gasteiger partial charge in [0.25, 0.3) is 0 Å². The molecule has 94 valence electrons. The summed E-state index contributed by atoms with van der Waals surface area (Å²) < 4.78 is 5.64. The van der Waals surface area contributed by atoms with Crippen LogP contribution in [0, 0.1) is 0 Å². The number of nitrogens with zero attached hydrogens (tertiary/aromatic N) is 1. The number of hydrogen-bond acceptors (Lipinski definition) is 3. The van der Waals surface area contributed by atoms with Crippen molar-refractivity contribution in [1.82, 2.24) is 0 Å². The molecule has 1 fully saturated rings. The molecule has 1 saturated heterocycles. The first-order chi connectivity index (χ1) is 8.20. The van der Waals surface area contributed by atoms with Gasteiger partial charge in [0.05, 0.1) is 17.5 Å². The summed E-state index contributed by atoms with van der Waals surface area (Å²) in [6, 6.07) is 5.64. The number of hydrogen-bond donors (Lipinski definition) is 1. The summed E-state index contributed by atoms with van der Waals surface area (Å²) in [5.74, 6) is 0. The topological polar surface area (TPSA) is 38.5 Å². The van der Waals surface area contributed by atoms with Crippen LogP contribution in [0.15, 0.2) is 18.2 Å². The van der Waals surface area contributed by atoms with Crippen LogP contribution in [0.5, 0.6) is 0 Å². The quantitative estimate of drug-likeness (QED) is 0.843. The Bertz CT molecular complexity index is 376. The lowest BCUT2D eigenvalue weighted by Gasteiger charge is -2.34. The van der Waals surface area contributed by atoms with Crippen molar-refractivity contribution < 1.29 is 4.74 Å². The van der Waals surface area contributed by atoms with Crippen LogP contribution in [0.4, 0.5) is 11.4 Å². The van der Waals surface area contributed by atoms with Gasteiger partial charge in [-0.25, -0.2) is 0 Å². The van der Waals surface area contributed by atoms with E-state index in [0.29, 0.717) is 6.10 Å². The van der Waals surface area contributed by atoms with Crippen LogP contribution < -0.4 is 10.6 Å². The zero-order valence-corrected chi connectivity index (χ0v) is 10.9. The van der Waals surface area contributed by atoms with E-state index in [1.807, 2.05) is 25.1 Å². The molecule has 3 nitrogen and oxygen atoms in total. The van der Waals surface area contributed by atoms with Gasteiger partial charge in [-0.3, -0.25) is 0 Å². The third-order valence-electron chi connectivity index (χ3n) is 3.18. The minimum atomic E-state index is 0.400. The highest BCUT2D eigenvalue weighted by atomic mass is 35.5. The number of anilines is 2. The van der Waals surface area contributed by atoms with Crippen LogP contribution in [0.2, 0.25) is 5.02 Å². The van der Waals surface area contributed by atoms with E-state index in [1.54, 1.807) is 0 Å². The molecular weight excluding hydrogens is 236 g/mol. The predicted octanol–water partition coefficient (Wildman–Crippen LogP) is 2.93. The summed E-state index contributed by atoms with van der Waals surface area (Å²) in [5.41, 5.74) is 7.83. The van der Waals surface area contributed by atoms with E-state index in [9.17, 15) is 0 Å². The second kappa shape index (κ2) is 5.61. The van der Waals surface area contributed by atoms with Gasteiger partial charge in [-0.2, -0.15) is 0 Å². The number of nitrogens with two attached hydrogens (primary N) is 1. The maximum atomic E-state index is 6.01. The van der Waals surface area contributed by atoms with Crippen molar-refractivity contribution in [3.05, 3.63) is 23.2 Å². The van der Waals surface area contributed by atoms with E-state index in [0.717, 1.165) is 48.9 Å². The molecule has 0 radical (unpaired) electrons. The van der Waals surface area contributed by atoms with Crippen LogP contribution in [0.3, 0.4) is 0 Å². The van der Waals surface area contributed by atoms with Gasteiger partial charge in [0, 0.05) is 24.7 Å². The third kappa shape index (κ3) is 3.05. The van der Waals surface area contributed by atoms with Crippen LogP contribution in [0.1, 0.15) is 19.8 Å². The fourth-order valence-corrected chi connectivity index (χ4v) is 2.46. The summed E-state index contributed by atoms with van der Waals surface area (Å²) in [6.45, 7) is 4.80. The van der Waals surface area contributed by atoms with Crippen LogP contribution in [-0.4, -0.2) is 25.8 Å². The van der Waals surface area contributed by atoms with E-state index in [-0.39, 0.29) is 0 Å². The average Bonchev–Trinajstić information content (AvgIpc) is 2.34. The Kier molecular flexibility index (Phi) is 4.13. The fraction of sp³-hybridized carbons (Fsp3) is 0.538. The molecule has 0 unspecified atom stereocenters. The maximum absolute atomic E-state index is 6.01. The SMILES string of the molecule is CCOC1CCN(c2cc(Cl)ccc2N)CC1. The number of ether oxygens (including phenoxy) is 1. The first kappa shape index (κ1) is 12.5. The highest BCUT2D eigenvalue weighted by Crippen LogP contribution is 2.29. The molecular formula is C13H19ClN2O. The van der Waals surface area contributed by atoms with Gasteiger partial charge in [-0.05, 0) is 38.0 Å². The van der Waals surface area contributed by atoms with Crippen molar-refractivity contribution in [2.45, 2.75) is 25.9 Å². The van der Waals surface area contributed by atoms with Crippen molar-refractivity contribution in [2.75, 3.05) is 30.3 Å². The van der Waals surface area contributed by atoms with E-state index in [1.165, 1.54) is 0 Å². The Hall–Kier alpha value is -0.930. The molecule has 0 aromatic heterocycles. The lowest BCUT2D eigenvalue weighted by atomic mass is 10.1. The van der Waals surface area contributed by atoms with E-state index >= 15 is 0 Å². The Morgan fingerprint density at radius 2 is 2.12 bits per heavy atom. The van der Waals surface area contributed by atoms with Gasteiger partial charge < -0.3 is 15.4 Å². The van der Waals surface area contributed by atoms with E-state index < -0.39 is 0 Å². The van der Waals surface area contributed by atoms with Gasteiger partial charge in [-0.1, -0.05) is 11.6 Å². The Morgan fingerprint density at radius 1 is 1.41 bits per heavy atom. The highest BCUT2D eigenvalue weighted by Gasteiger charge is 2.20. The molecule has 2 N–H and O–H groups in total. The average molecular weight is 255 g/mol. The van der Waals surface area contributed by atoms with Crippen molar-refractivity contribution in [1.29, 1.82) is 0 Å². The minimum absolute atomic E-state index is 0.400. The summed E-state index contributed by atoms with van der Waals surface area (Å²) in [4.78, 5) is 2.29. The molecule has 17 heavy (non-hydrogen) atoms. The molecule has 0 saturated carbocycles. The molecule has 1 aliphatic rings. The van der Waals surface area contributed by atoms with Crippen LogP contribution in [-0.2, 0) is 4.74 Å². The molecule has 2 rings (SSSR count).